The van der Waals surface area contributed by atoms with Crippen molar-refractivity contribution in [2.75, 3.05) is 13.6 Å². The molecule has 1 N–H and O–H groups in total. The lowest BCUT2D eigenvalue weighted by atomic mass is 10.0. The predicted molar refractivity (Wildman–Crippen MR) is 91.0 cm³/mol. The summed E-state index contributed by atoms with van der Waals surface area (Å²) >= 11 is 0. The molecule has 0 spiro atoms. The van der Waals surface area contributed by atoms with Crippen molar-refractivity contribution in [1.82, 2.24) is 14.9 Å². The number of likely N-dealkylation sites (N-methyl/N-ethyl adjacent to an activating group) is 1. The maximum atomic E-state index is 4.89. The van der Waals surface area contributed by atoms with Crippen LogP contribution in [-0.2, 0) is 13.0 Å². The van der Waals surface area contributed by atoms with Crippen molar-refractivity contribution in [2.24, 2.45) is 0 Å². The van der Waals surface area contributed by atoms with Crippen LogP contribution in [0.2, 0.25) is 0 Å². The molecule has 0 aliphatic heterocycles. The molecule has 0 atom stereocenters. The van der Waals surface area contributed by atoms with Crippen molar-refractivity contribution in [3.8, 4) is 0 Å². The molecule has 0 amide bonds. The Bertz CT molecular complexity index is 569. The van der Waals surface area contributed by atoms with Gasteiger partial charge in [0.25, 0.3) is 0 Å². The van der Waals surface area contributed by atoms with E-state index in [1.807, 2.05) is 7.05 Å². The Labute approximate surface area is 128 Å². The van der Waals surface area contributed by atoms with E-state index >= 15 is 0 Å². The molecule has 0 aliphatic carbocycles. The summed E-state index contributed by atoms with van der Waals surface area (Å²) in [6, 6.07) is 6.78. The number of benzene rings is 1. The largest absolute Gasteiger partial charge is 0.328 e. The highest BCUT2D eigenvalue weighted by Gasteiger charge is 2.11. The highest BCUT2D eigenvalue weighted by molar-refractivity contribution is 5.77. The van der Waals surface area contributed by atoms with E-state index in [1.165, 1.54) is 36.2 Å². The normalized spacial score (nSPS) is 11.7. The maximum Gasteiger partial charge on any atom is 0.111 e. The van der Waals surface area contributed by atoms with Gasteiger partial charge in [0.15, 0.2) is 0 Å². The lowest BCUT2D eigenvalue weighted by molar-refractivity contribution is 0.585. The van der Waals surface area contributed by atoms with Gasteiger partial charge in [0, 0.05) is 19.5 Å². The van der Waals surface area contributed by atoms with Crippen LogP contribution in [0.1, 0.15) is 57.3 Å². The smallest absolute Gasteiger partial charge is 0.111 e. The summed E-state index contributed by atoms with van der Waals surface area (Å²) in [5, 5.41) is 3.23. The molecule has 116 valence electrons. The van der Waals surface area contributed by atoms with Crippen molar-refractivity contribution >= 4 is 11.0 Å². The Hall–Kier alpha value is -1.35. The van der Waals surface area contributed by atoms with Crippen LogP contribution in [-0.4, -0.2) is 23.1 Å². The van der Waals surface area contributed by atoms with Gasteiger partial charge in [-0.2, -0.15) is 0 Å². The van der Waals surface area contributed by atoms with Crippen LogP contribution in [0.4, 0.5) is 0 Å². The molecule has 0 radical (unpaired) electrons. The third-order valence-electron chi connectivity index (χ3n) is 4.10. The summed E-state index contributed by atoms with van der Waals surface area (Å²) in [6.45, 7) is 8.80. The monoisotopic (exact) mass is 287 g/mol. The van der Waals surface area contributed by atoms with Gasteiger partial charge < -0.3 is 9.88 Å². The van der Waals surface area contributed by atoms with Crippen LogP contribution in [0.5, 0.6) is 0 Å². The number of nitrogens with zero attached hydrogens (tertiary/aromatic N) is 2. The van der Waals surface area contributed by atoms with Gasteiger partial charge in [-0.15, -0.1) is 0 Å². The van der Waals surface area contributed by atoms with E-state index in [1.54, 1.807) is 0 Å². The van der Waals surface area contributed by atoms with E-state index in [9.17, 15) is 0 Å². The number of unbranched alkanes of at least 4 members (excludes halogenated alkanes) is 2. The molecule has 2 rings (SSSR count). The highest BCUT2D eigenvalue weighted by atomic mass is 15.1. The van der Waals surface area contributed by atoms with Gasteiger partial charge in [-0.1, -0.05) is 39.7 Å². The first-order valence-corrected chi connectivity index (χ1v) is 8.31. The van der Waals surface area contributed by atoms with E-state index in [2.05, 4.69) is 48.9 Å². The topological polar surface area (TPSA) is 29.9 Å². The minimum absolute atomic E-state index is 0.556. The fraction of sp³-hybridized carbons (Fsp3) is 0.611. The standard InChI is InChI=1S/C18H29N3/c1-5-6-7-12-21-17-9-8-15(14(2)3)13-16(17)20-18(21)10-11-19-4/h8-9,13-14,19H,5-7,10-12H2,1-4H3. The fourth-order valence-electron chi connectivity index (χ4n) is 2.75. The summed E-state index contributed by atoms with van der Waals surface area (Å²) in [7, 11) is 2.00. The molecule has 0 fully saturated rings. The molecular weight excluding hydrogens is 258 g/mol. The van der Waals surface area contributed by atoms with Crippen LogP contribution in [0.3, 0.4) is 0 Å². The summed E-state index contributed by atoms with van der Waals surface area (Å²) < 4.78 is 2.42. The zero-order valence-corrected chi connectivity index (χ0v) is 13.9. The molecule has 2 aromatic rings. The van der Waals surface area contributed by atoms with Gasteiger partial charge in [0.2, 0.25) is 0 Å². The first-order valence-electron chi connectivity index (χ1n) is 8.31. The Balaban J connectivity index is 2.35. The number of aryl methyl sites for hydroxylation is 1. The molecule has 21 heavy (non-hydrogen) atoms. The van der Waals surface area contributed by atoms with Crippen molar-refractivity contribution in [3.63, 3.8) is 0 Å². The Kier molecular flexibility index (Phi) is 5.80. The average molecular weight is 287 g/mol. The zero-order chi connectivity index (χ0) is 15.2. The molecule has 0 bridgehead atoms. The first kappa shape index (κ1) is 16.0. The summed E-state index contributed by atoms with van der Waals surface area (Å²) in [5.74, 6) is 1.77. The number of imidazole rings is 1. The van der Waals surface area contributed by atoms with Crippen LogP contribution in [0.15, 0.2) is 18.2 Å². The average Bonchev–Trinajstić information content (AvgIpc) is 2.82. The van der Waals surface area contributed by atoms with E-state index in [4.69, 9.17) is 4.98 Å². The van der Waals surface area contributed by atoms with E-state index in [0.29, 0.717) is 5.92 Å². The molecule has 3 nitrogen and oxygen atoms in total. The molecule has 1 heterocycles. The van der Waals surface area contributed by atoms with Crippen molar-refractivity contribution in [3.05, 3.63) is 29.6 Å². The van der Waals surface area contributed by atoms with Crippen LogP contribution < -0.4 is 5.32 Å². The van der Waals surface area contributed by atoms with Gasteiger partial charge in [0.05, 0.1) is 11.0 Å². The SMILES string of the molecule is CCCCCn1c(CCNC)nc2cc(C(C)C)ccc21. The molecule has 1 aromatic carbocycles. The van der Waals surface area contributed by atoms with Gasteiger partial charge in [-0.05, 0) is 37.1 Å². The first-order chi connectivity index (χ1) is 10.2. The number of aromatic nitrogens is 2. The number of hydrogen-bond acceptors (Lipinski definition) is 2. The van der Waals surface area contributed by atoms with Gasteiger partial charge in [-0.3, -0.25) is 0 Å². The Morgan fingerprint density at radius 2 is 2.05 bits per heavy atom. The summed E-state index contributed by atoms with van der Waals surface area (Å²) in [4.78, 5) is 4.89. The molecule has 0 saturated heterocycles. The predicted octanol–water partition coefficient (Wildman–Crippen LogP) is 4.11. The van der Waals surface area contributed by atoms with E-state index in [0.717, 1.165) is 25.0 Å². The lowest BCUT2D eigenvalue weighted by Crippen LogP contribution is -2.14. The Morgan fingerprint density at radius 1 is 1.24 bits per heavy atom. The molecule has 0 aliphatic rings. The highest BCUT2D eigenvalue weighted by Crippen LogP contribution is 2.23. The number of hydrogen-bond donors (Lipinski definition) is 1. The number of nitrogens with one attached hydrogen (secondary N) is 1. The van der Waals surface area contributed by atoms with Crippen LogP contribution in [0, 0.1) is 0 Å². The second-order valence-electron chi connectivity index (χ2n) is 6.14. The minimum Gasteiger partial charge on any atom is -0.328 e. The van der Waals surface area contributed by atoms with Gasteiger partial charge in [0.1, 0.15) is 5.82 Å². The maximum absolute atomic E-state index is 4.89. The molecule has 3 heteroatoms. The lowest BCUT2D eigenvalue weighted by Gasteiger charge is -2.09. The zero-order valence-electron chi connectivity index (χ0n) is 13.9. The third kappa shape index (κ3) is 3.85. The van der Waals surface area contributed by atoms with Crippen molar-refractivity contribution in [1.29, 1.82) is 0 Å². The van der Waals surface area contributed by atoms with Crippen LogP contribution in [0.25, 0.3) is 11.0 Å². The van der Waals surface area contributed by atoms with Gasteiger partial charge in [-0.25, -0.2) is 4.98 Å². The third-order valence-corrected chi connectivity index (χ3v) is 4.10. The van der Waals surface area contributed by atoms with E-state index in [-0.39, 0.29) is 0 Å². The van der Waals surface area contributed by atoms with E-state index < -0.39 is 0 Å². The summed E-state index contributed by atoms with van der Waals surface area (Å²) in [5.41, 5.74) is 3.83. The number of fused-ring (bicyclic) bond motifs is 1. The minimum atomic E-state index is 0.556. The molecule has 0 saturated carbocycles. The van der Waals surface area contributed by atoms with Crippen LogP contribution >= 0.6 is 0 Å². The summed E-state index contributed by atoms with van der Waals surface area (Å²) in [6.07, 6.45) is 4.78. The van der Waals surface area contributed by atoms with Gasteiger partial charge >= 0.3 is 0 Å². The quantitative estimate of drug-likeness (QED) is 0.740. The molecular formula is C18H29N3. The van der Waals surface area contributed by atoms with Crippen molar-refractivity contribution < 1.29 is 0 Å². The molecule has 1 aromatic heterocycles. The molecule has 0 unspecified atom stereocenters. The fourth-order valence-corrected chi connectivity index (χ4v) is 2.75. The van der Waals surface area contributed by atoms with Crippen molar-refractivity contribution in [2.45, 2.75) is 58.9 Å². The second kappa shape index (κ2) is 7.60. The number of rotatable bonds is 8. The Morgan fingerprint density at radius 3 is 2.71 bits per heavy atom. The second-order valence-corrected chi connectivity index (χ2v) is 6.14.